The largest absolute Gasteiger partial charge is 0.481 e. The van der Waals surface area contributed by atoms with Crippen molar-refractivity contribution in [1.29, 1.82) is 0 Å². The van der Waals surface area contributed by atoms with Gasteiger partial charge in [-0.1, -0.05) is 13.8 Å². The number of carbonyl (C=O) groups excluding carboxylic acids is 1. The number of carbonyl (C=O) groups is 2. The minimum atomic E-state index is -0.892. The van der Waals surface area contributed by atoms with Crippen LogP contribution in [-0.2, 0) is 9.59 Å². The molecule has 2 aliphatic carbocycles. The van der Waals surface area contributed by atoms with Crippen LogP contribution in [0.3, 0.4) is 0 Å². The Kier molecular flexibility index (Phi) is 3.36. The highest BCUT2D eigenvalue weighted by Gasteiger charge is 2.65. The third kappa shape index (κ3) is 2.36. The number of hydrogen-bond acceptors (Lipinski definition) is 3. The van der Waals surface area contributed by atoms with Gasteiger partial charge in [0.15, 0.2) is 0 Å². The van der Waals surface area contributed by atoms with Gasteiger partial charge in [-0.2, -0.15) is 0 Å². The van der Waals surface area contributed by atoms with Gasteiger partial charge in [0, 0.05) is 6.54 Å². The smallest absolute Gasteiger partial charge is 0.307 e. The lowest BCUT2D eigenvalue weighted by Crippen LogP contribution is -2.31. The van der Waals surface area contributed by atoms with E-state index in [9.17, 15) is 14.7 Å². The number of aliphatic hydroxyl groups is 1. The standard InChI is InChI=1S/C13H21NO4/c1-13(2)9(10(13)12(17)18)11(16)14-6-7-3-4-8(15)5-7/h7-10,15H,3-6H2,1-2H3,(H,14,16)(H,17,18). The average molecular weight is 255 g/mol. The number of aliphatic carboxylic acids is 1. The Bertz CT molecular complexity index is 366. The molecule has 0 bridgehead atoms. The first-order chi connectivity index (χ1) is 8.34. The third-order valence-corrected chi connectivity index (χ3v) is 4.45. The van der Waals surface area contributed by atoms with E-state index in [0.29, 0.717) is 12.5 Å². The van der Waals surface area contributed by atoms with Crippen LogP contribution >= 0.6 is 0 Å². The molecule has 5 nitrogen and oxygen atoms in total. The minimum Gasteiger partial charge on any atom is -0.481 e. The molecule has 0 aromatic carbocycles. The van der Waals surface area contributed by atoms with Crippen LogP contribution in [0.5, 0.6) is 0 Å². The van der Waals surface area contributed by atoms with Gasteiger partial charge >= 0.3 is 5.97 Å². The number of aliphatic hydroxyl groups excluding tert-OH is 1. The lowest BCUT2D eigenvalue weighted by molar-refractivity contribution is -0.140. The number of rotatable bonds is 4. The summed E-state index contributed by atoms with van der Waals surface area (Å²) >= 11 is 0. The van der Waals surface area contributed by atoms with Crippen molar-refractivity contribution in [1.82, 2.24) is 5.32 Å². The summed E-state index contributed by atoms with van der Waals surface area (Å²) in [6.45, 7) is 4.18. The molecule has 0 aromatic rings. The third-order valence-electron chi connectivity index (χ3n) is 4.45. The monoisotopic (exact) mass is 255 g/mol. The van der Waals surface area contributed by atoms with E-state index >= 15 is 0 Å². The first-order valence-corrected chi connectivity index (χ1v) is 6.52. The van der Waals surface area contributed by atoms with Crippen molar-refractivity contribution in [3.63, 3.8) is 0 Å². The average Bonchev–Trinajstić information content (AvgIpc) is 2.63. The van der Waals surface area contributed by atoms with Crippen molar-refractivity contribution in [2.45, 2.75) is 39.2 Å². The highest BCUT2D eigenvalue weighted by Crippen LogP contribution is 2.58. The van der Waals surface area contributed by atoms with Crippen LogP contribution < -0.4 is 5.32 Å². The van der Waals surface area contributed by atoms with Gasteiger partial charge in [-0.15, -0.1) is 0 Å². The second-order valence-corrected chi connectivity index (χ2v) is 6.19. The van der Waals surface area contributed by atoms with Crippen LogP contribution in [0, 0.1) is 23.2 Å². The Labute approximate surface area is 107 Å². The number of hydrogen-bond donors (Lipinski definition) is 3. The normalized spacial score (nSPS) is 37.3. The molecule has 0 aliphatic heterocycles. The van der Waals surface area contributed by atoms with Crippen LogP contribution in [0.1, 0.15) is 33.1 Å². The van der Waals surface area contributed by atoms with E-state index in [4.69, 9.17) is 5.11 Å². The van der Waals surface area contributed by atoms with E-state index < -0.39 is 23.2 Å². The Balaban J connectivity index is 1.81. The molecule has 0 saturated heterocycles. The van der Waals surface area contributed by atoms with E-state index in [-0.39, 0.29) is 12.0 Å². The van der Waals surface area contributed by atoms with Crippen molar-refractivity contribution < 1.29 is 19.8 Å². The molecule has 0 heterocycles. The summed E-state index contributed by atoms with van der Waals surface area (Å²) in [5.74, 6) is -1.70. The van der Waals surface area contributed by atoms with E-state index in [1.807, 2.05) is 13.8 Å². The van der Waals surface area contributed by atoms with Crippen molar-refractivity contribution in [2.24, 2.45) is 23.2 Å². The molecule has 4 atom stereocenters. The van der Waals surface area contributed by atoms with Crippen molar-refractivity contribution in [3.05, 3.63) is 0 Å². The summed E-state index contributed by atoms with van der Waals surface area (Å²) < 4.78 is 0. The van der Waals surface area contributed by atoms with Crippen LogP contribution in [-0.4, -0.2) is 34.7 Å². The first-order valence-electron chi connectivity index (χ1n) is 6.52. The molecule has 2 saturated carbocycles. The maximum atomic E-state index is 11.9. The lowest BCUT2D eigenvalue weighted by Gasteiger charge is -2.11. The second-order valence-electron chi connectivity index (χ2n) is 6.19. The summed E-state index contributed by atoms with van der Waals surface area (Å²) in [5, 5.41) is 21.2. The molecule has 18 heavy (non-hydrogen) atoms. The summed E-state index contributed by atoms with van der Waals surface area (Å²) in [7, 11) is 0. The highest BCUT2D eigenvalue weighted by atomic mass is 16.4. The SMILES string of the molecule is CC1(C)C(C(=O)O)C1C(=O)NCC1CCC(O)C1. The Morgan fingerprint density at radius 3 is 2.39 bits per heavy atom. The van der Waals surface area contributed by atoms with Crippen molar-refractivity contribution in [3.8, 4) is 0 Å². The number of nitrogens with one attached hydrogen (secondary N) is 1. The maximum absolute atomic E-state index is 11.9. The number of amides is 1. The zero-order valence-corrected chi connectivity index (χ0v) is 10.8. The molecule has 2 rings (SSSR count). The summed E-state index contributed by atoms with van der Waals surface area (Å²) in [6, 6.07) is 0. The maximum Gasteiger partial charge on any atom is 0.307 e. The fourth-order valence-electron chi connectivity index (χ4n) is 3.18. The molecule has 1 amide bonds. The van der Waals surface area contributed by atoms with Gasteiger partial charge in [0.2, 0.25) is 5.91 Å². The van der Waals surface area contributed by atoms with Gasteiger partial charge in [-0.3, -0.25) is 9.59 Å². The lowest BCUT2D eigenvalue weighted by atomic mass is 10.1. The fraction of sp³-hybridized carbons (Fsp3) is 0.846. The zero-order chi connectivity index (χ0) is 13.5. The summed E-state index contributed by atoms with van der Waals surface area (Å²) in [5.41, 5.74) is -0.439. The van der Waals surface area contributed by atoms with E-state index in [1.165, 1.54) is 0 Å². The molecule has 0 radical (unpaired) electrons. The molecular weight excluding hydrogens is 234 g/mol. The fourth-order valence-corrected chi connectivity index (χ4v) is 3.18. The van der Waals surface area contributed by atoms with Gasteiger partial charge in [0.05, 0.1) is 17.9 Å². The van der Waals surface area contributed by atoms with Crippen molar-refractivity contribution >= 4 is 11.9 Å². The zero-order valence-electron chi connectivity index (χ0n) is 10.8. The summed E-state index contributed by atoms with van der Waals surface area (Å²) in [6.07, 6.45) is 2.22. The first kappa shape index (κ1) is 13.3. The van der Waals surface area contributed by atoms with Crippen LogP contribution in [0.4, 0.5) is 0 Å². The van der Waals surface area contributed by atoms with E-state index in [1.54, 1.807) is 0 Å². The quantitative estimate of drug-likeness (QED) is 0.687. The van der Waals surface area contributed by atoms with E-state index in [0.717, 1.165) is 19.3 Å². The van der Waals surface area contributed by atoms with Crippen LogP contribution in [0.15, 0.2) is 0 Å². The van der Waals surface area contributed by atoms with Crippen LogP contribution in [0.2, 0.25) is 0 Å². The minimum absolute atomic E-state index is 0.159. The van der Waals surface area contributed by atoms with E-state index in [2.05, 4.69) is 5.32 Å². The molecule has 2 aliphatic rings. The van der Waals surface area contributed by atoms with Gasteiger partial charge < -0.3 is 15.5 Å². The Hall–Kier alpha value is -1.10. The second kappa shape index (κ2) is 4.53. The van der Waals surface area contributed by atoms with Gasteiger partial charge in [-0.05, 0) is 30.6 Å². The highest BCUT2D eigenvalue weighted by molar-refractivity contribution is 5.91. The number of carboxylic acids is 1. The molecular formula is C13H21NO4. The number of carboxylic acid groups (broad SMARTS) is 1. The molecule has 5 heteroatoms. The van der Waals surface area contributed by atoms with Gasteiger partial charge in [0.25, 0.3) is 0 Å². The Morgan fingerprint density at radius 1 is 1.28 bits per heavy atom. The molecule has 102 valence electrons. The molecule has 0 aromatic heterocycles. The molecule has 0 spiro atoms. The molecule has 4 unspecified atom stereocenters. The van der Waals surface area contributed by atoms with Gasteiger partial charge in [0.1, 0.15) is 0 Å². The molecule has 2 fully saturated rings. The van der Waals surface area contributed by atoms with Crippen LogP contribution in [0.25, 0.3) is 0 Å². The predicted octanol–water partition coefficient (Wildman–Crippen LogP) is 0.620. The Morgan fingerprint density at radius 2 is 1.94 bits per heavy atom. The molecule has 3 N–H and O–H groups in total. The predicted molar refractivity (Wildman–Crippen MR) is 64.8 cm³/mol. The van der Waals surface area contributed by atoms with Gasteiger partial charge in [-0.25, -0.2) is 0 Å². The summed E-state index contributed by atoms with van der Waals surface area (Å²) in [4.78, 5) is 22.9. The van der Waals surface area contributed by atoms with Crippen molar-refractivity contribution in [2.75, 3.05) is 6.54 Å². The topological polar surface area (TPSA) is 86.6 Å².